The Morgan fingerprint density at radius 1 is 1.07 bits per heavy atom. The fourth-order valence-electron chi connectivity index (χ4n) is 4.73. The highest BCUT2D eigenvalue weighted by Crippen LogP contribution is 2.30. The first-order valence-electron chi connectivity index (χ1n) is 11.6. The van der Waals surface area contributed by atoms with E-state index in [4.69, 9.17) is 0 Å². The maximum atomic E-state index is 11.5. The number of aromatic nitrogens is 2. The van der Waals surface area contributed by atoms with Gasteiger partial charge in [0, 0.05) is 56.9 Å². The molecule has 0 unspecified atom stereocenters. The van der Waals surface area contributed by atoms with Crippen LogP contribution in [-0.4, -0.2) is 44.6 Å². The number of carbonyl (C=O) groups excluding carboxylic acids is 1. The van der Waals surface area contributed by atoms with Crippen LogP contribution in [0.4, 0.5) is 0 Å². The molecule has 4 rings (SSSR count). The zero-order valence-corrected chi connectivity index (χ0v) is 18.8. The third kappa shape index (κ3) is 5.12. The van der Waals surface area contributed by atoms with E-state index >= 15 is 0 Å². The van der Waals surface area contributed by atoms with E-state index in [2.05, 4.69) is 59.0 Å². The Labute approximate surface area is 181 Å². The lowest BCUT2D eigenvalue weighted by Gasteiger charge is -2.31. The van der Waals surface area contributed by atoms with Crippen molar-refractivity contribution in [2.75, 3.05) is 13.1 Å². The first-order valence-corrected chi connectivity index (χ1v) is 11.6. The summed E-state index contributed by atoms with van der Waals surface area (Å²) in [5.41, 5.74) is 5.49. The SMILES string of the molecule is CCn1ncc(CN(Cc2ccc(CC3CCN(C(C)=O)CC3)cc2)C2CC2)c1C. The Morgan fingerprint density at radius 2 is 1.73 bits per heavy atom. The monoisotopic (exact) mass is 408 g/mol. The second-order valence-corrected chi connectivity index (χ2v) is 9.18. The van der Waals surface area contributed by atoms with Crippen molar-refractivity contribution in [2.24, 2.45) is 5.92 Å². The minimum absolute atomic E-state index is 0.218. The molecule has 2 aromatic rings. The fraction of sp³-hybridized carbons (Fsp3) is 0.600. The third-order valence-electron chi connectivity index (χ3n) is 6.93. The molecule has 1 aromatic carbocycles. The Balaban J connectivity index is 1.33. The highest BCUT2D eigenvalue weighted by Gasteiger charge is 2.29. The lowest BCUT2D eigenvalue weighted by molar-refractivity contribution is -0.130. The summed E-state index contributed by atoms with van der Waals surface area (Å²) in [4.78, 5) is 16.1. The Morgan fingerprint density at radius 3 is 2.30 bits per heavy atom. The molecule has 5 nitrogen and oxygen atoms in total. The van der Waals surface area contributed by atoms with Crippen molar-refractivity contribution in [3.05, 3.63) is 52.8 Å². The lowest BCUT2D eigenvalue weighted by atomic mass is 9.90. The van der Waals surface area contributed by atoms with Gasteiger partial charge in [0.1, 0.15) is 0 Å². The summed E-state index contributed by atoms with van der Waals surface area (Å²) >= 11 is 0. The number of hydrogen-bond acceptors (Lipinski definition) is 3. The standard InChI is InChI=1S/C25H36N4O/c1-4-29-19(2)24(16-26-29)18-28(25-9-10-25)17-23-7-5-21(6-8-23)15-22-11-13-27(14-12-22)20(3)30/h5-8,16,22,25H,4,9-15,17-18H2,1-3H3. The van der Waals surface area contributed by atoms with E-state index in [1.165, 1.54) is 35.2 Å². The van der Waals surface area contributed by atoms with Gasteiger partial charge in [0.25, 0.3) is 0 Å². The van der Waals surface area contributed by atoms with E-state index in [0.717, 1.165) is 58.0 Å². The lowest BCUT2D eigenvalue weighted by Crippen LogP contribution is -2.37. The average Bonchev–Trinajstić information content (AvgIpc) is 3.54. The molecule has 1 aliphatic carbocycles. The topological polar surface area (TPSA) is 41.4 Å². The minimum atomic E-state index is 0.218. The molecular weight excluding hydrogens is 372 g/mol. The first-order chi connectivity index (χ1) is 14.5. The quantitative estimate of drug-likeness (QED) is 0.658. The number of aryl methyl sites for hydroxylation is 1. The van der Waals surface area contributed by atoms with Crippen LogP contribution >= 0.6 is 0 Å². The van der Waals surface area contributed by atoms with Crippen LogP contribution in [-0.2, 0) is 30.8 Å². The molecule has 1 aliphatic heterocycles. The summed E-state index contributed by atoms with van der Waals surface area (Å²) in [7, 11) is 0. The van der Waals surface area contributed by atoms with Crippen LogP contribution in [0.3, 0.4) is 0 Å². The molecular formula is C25H36N4O. The molecule has 0 bridgehead atoms. The molecule has 1 amide bonds. The van der Waals surface area contributed by atoms with Crippen molar-refractivity contribution in [3.8, 4) is 0 Å². The summed E-state index contributed by atoms with van der Waals surface area (Å²) < 4.78 is 2.09. The maximum absolute atomic E-state index is 11.5. The van der Waals surface area contributed by atoms with E-state index in [1.54, 1.807) is 6.92 Å². The average molecular weight is 409 g/mol. The van der Waals surface area contributed by atoms with Gasteiger partial charge in [0.05, 0.1) is 6.20 Å². The van der Waals surface area contributed by atoms with Crippen LogP contribution in [0.2, 0.25) is 0 Å². The number of piperidine rings is 1. The van der Waals surface area contributed by atoms with Gasteiger partial charge in [0.15, 0.2) is 0 Å². The largest absolute Gasteiger partial charge is 0.343 e. The van der Waals surface area contributed by atoms with Gasteiger partial charge in [-0.25, -0.2) is 0 Å². The highest BCUT2D eigenvalue weighted by molar-refractivity contribution is 5.73. The number of amides is 1. The molecule has 1 saturated heterocycles. The summed E-state index contributed by atoms with van der Waals surface area (Å²) in [5.74, 6) is 0.919. The number of carbonyl (C=O) groups is 1. The minimum Gasteiger partial charge on any atom is -0.343 e. The summed E-state index contributed by atoms with van der Waals surface area (Å²) in [6, 6.07) is 9.99. The maximum Gasteiger partial charge on any atom is 0.219 e. The van der Waals surface area contributed by atoms with Crippen molar-refractivity contribution in [1.29, 1.82) is 0 Å². The number of benzene rings is 1. The molecule has 30 heavy (non-hydrogen) atoms. The van der Waals surface area contributed by atoms with Gasteiger partial charge in [0.2, 0.25) is 5.91 Å². The van der Waals surface area contributed by atoms with Crippen molar-refractivity contribution in [3.63, 3.8) is 0 Å². The fourth-order valence-corrected chi connectivity index (χ4v) is 4.73. The number of hydrogen-bond donors (Lipinski definition) is 0. The highest BCUT2D eigenvalue weighted by atomic mass is 16.2. The molecule has 2 aliphatic rings. The van der Waals surface area contributed by atoms with Gasteiger partial charge >= 0.3 is 0 Å². The number of nitrogens with zero attached hydrogens (tertiary/aromatic N) is 4. The second-order valence-electron chi connectivity index (χ2n) is 9.18. The molecule has 0 atom stereocenters. The smallest absolute Gasteiger partial charge is 0.219 e. The van der Waals surface area contributed by atoms with Gasteiger partial charge in [-0.15, -0.1) is 0 Å². The van der Waals surface area contributed by atoms with Crippen LogP contribution in [0.25, 0.3) is 0 Å². The van der Waals surface area contributed by atoms with E-state index in [9.17, 15) is 4.79 Å². The zero-order chi connectivity index (χ0) is 21.1. The van der Waals surface area contributed by atoms with Crippen molar-refractivity contribution in [1.82, 2.24) is 19.6 Å². The van der Waals surface area contributed by atoms with E-state index in [1.807, 2.05) is 4.90 Å². The molecule has 0 radical (unpaired) electrons. The van der Waals surface area contributed by atoms with Crippen LogP contribution < -0.4 is 0 Å². The zero-order valence-electron chi connectivity index (χ0n) is 18.8. The molecule has 2 heterocycles. The van der Waals surface area contributed by atoms with Crippen LogP contribution in [0.15, 0.2) is 30.5 Å². The predicted molar refractivity (Wildman–Crippen MR) is 120 cm³/mol. The third-order valence-corrected chi connectivity index (χ3v) is 6.93. The van der Waals surface area contributed by atoms with Gasteiger partial charge in [-0.05, 0) is 63.0 Å². The summed E-state index contributed by atoms with van der Waals surface area (Å²) in [5, 5.41) is 4.52. The normalized spacial score (nSPS) is 17.7. The Kier molecular flexibility index (Phi) is 6.57. The molecule has 5 heteroatoms. The Bertz CT molecular complexity index is 845. The van der Waals surface area contributed by atoms with Crippen molar-refractivity contribution in [2.45, 2.75) is 78.6 Å². The molecule has 0 spiro atoms. The molecule has 2 fully saturated rings. The van der Waals surface area contributed by atoms with Crippen molar-refractivity contribution < 1.29 is 4.79 Å². The van der Waals surface area contributed by atoms with Crippen LogP contribution in [0.5, 0.6) is 0 Å². The molecule has 1 aromatic heterocycles. The molecule has 0 N–H and O–H groups in total. The number of likely N-dealkylation sites (tertiary alicyclic amines) is 1. The van der Waals surface area contributed by atoms with E-state index < -0.39 is 0 Å². The van der Waals surface area contributed by atoms with E-state index in [-0.39, 0.29) is 5.91 Å². The van der Waals surface area contributed by atoms with Gasteiger partial charge in [-0.3, -0.25) is 14.4 Å². The van der Waals surface area contributed by atoms with Gasteiger partial charge < -0.3 is 4.90 Å². The molecule has 162 valence electrons. The van der Waals surface area contributed by atoms with E-state index in [0.29, 0.717) is 5.92 Å². The Hall–Kier alpha value is -2.14. The van der Waals surface area contributed by atoms with Gasteiger partial charge in [-0.1, -0.05) is 24.3 Å². The van der Waals surface area contributed by atoms with Crippen LogP contribution in [0, 0.1) is 12.8 Å². The summed E-state index contributed by atoms with van der Waals surface area (Å²) in [6.07, 6.45) is 8.07. The van der Waals surface area contributed by atoms with Crippen molar-refractivity contribution >= 4 is 5.91 Å². The number of rotatable bonds is 8. The summed E-state index contributed by atoms with van der Waals surface area (Å²) in [6.45, 7) is 10.8. The predicted octanol–water partition coefficient (Wildman–Crippen LogP) is 4.18. The first kappa shape index (κ1) is 21.1. The van der Waals surface area contributed by atoms with Gasteiger partial charge in [-0.2, -0.15) is 5.10 Å². The second kappa shape index (κ2) is 9.34. The van der Waals surface area contributed by atoms with Crippen LogP contribution in [0.1, 0.15) is 61.9 Å². The molecule has 1 saturated carbocycles.